The van der Waals surface area contributed by atoms with E-state index >= 15 is 0 Å². The van der Waals surface area contributed by atoms with Crippen LogP contribution in [0.25, 0.3) is 12.2 Å². The number of aromatic nitrogens is 1. The molecule has 0 bridgehead atoms. The molecule has 0 radical (unpaired) electrons. The molecule has 2 aromatic carbocycles. The first kappa shape index (κ1) is 22.1. The monoisotopic (exact) mass is 419 g/mol. The van der Waals surface area contributed by atoms with E-state index < -0.39 is 5.97 Å². The number of rotatable bonds is 10. The van der Waals surface area contributed by atoms with E-state index in [0.717, 1.165) is 11.1 Å². The van der Waals surface area contributed by atoms with E-state index in [4.69, 9.17) is 19.3 Å². The fourth-order valence-corrected chi connectivity index (χ4v) is 2.85. The predicted molar refractivity (Wildman–Crippen MR) is 119 cm³/mol. The Morgan fingerprint density at radius 3 is 2.58 bits per heavy atom. The Morgan fingerprint density at radius 1 is 1.03 bits per heavy atom. The van der Waals surface area contributed by atoms with Crippen molar-refractivity contribution in [1.29, 1.82) is 0 Å². The molecular formula is C25H25NO5. The molecule has 1 aromatic heterocycles. The van der Waals surface area contributed by atoms with Crippen molar-refractivity contribution in [2.24, 2.45) is 0 Å². The zero-order valence-corrected chi connectivity index (χ0v) is 17.6. The fourth-order valence-electron chi connectivity index (χ4n) is 2.85. The van der Waals surface area contributed by atoms with Crippen molar-refractivity contribution in [3.05, 3.63) is 88.7 Å². The number of methoxy groups -OCH3 is 1. The quantitative estimate of drug-likeness (QED) is 0.473. The van der Waals surface area contributed by atoms with Gasteiger partial charge >= 0.3 is 5.97 Å². The van der Waals surface area contributed by atoms with Crippen LogP contribution < -0.4 is 9.47 Å². The standard InChI is InChI=1S/C25H25NO5/c1-18-5-3-4-6-21(18)17-31-24-12-11-23(30-14-13-29-2)15-19(24)7-9-22-10-8-20(16-26-22)25(27)28/h3-12,15-16H,13-14,17H2,1-2H3,(H,27,28)/b9-7+. The molecule has 0 amide bonds. The lowest BCUT2D eigenvalue weighted by Crippen LogP contribution is -2.04. The van der Waals surface area contributed by atoms with Gasteiger partial charge < -0.3 is 19.3 Å². The van der Waals surface area contributed by atoms with E-state index in [0.29, 0.717) is 37.0 Å². The number of aryl methyl sites for hydroxylation is 1. The summed E-state index contributed by atoms with van der Waals surface area (Å²) in [5.41, 5.74) is 3.90. The molecule has 1 heterocycles. The average molecular weight is 419 g/mol. The summed E-state index contributed by atoms with van der Waals surface area (Å²) in [6.45, 7) is 3.44. The molecule has 6 heteroatoms. The van der Waals surface area contributed by atoms with Gasteiger partial charge in [0.1, 0.15) is 24.7 Å². The van der Waals surface area contributed by atoms with Crippen molar-refractivity contribution in [2.45, 2.75) is 13.5 Å². The first-order valence-corrected chi connectivity index (χ1v) is 9.87. The van der Waals surface area contributed by atoms with Crippen LogP contribution in [0.5, 0.6) is 11.5 Å². The number of carbonyl (C=O) groups is 1. The Bertz CT molecular complexity index is 1040. The highest BCUT2D eigenvalue weighted by molar-refractivity contribution is 5.87. The van der Waals surface area contributed by atoms with Crippen LogP contribution in [0, 0.1) is 6.92 Å². The Morgan fingerprint density at radius 2 is 1.87 bits per heavy atom. The van der Waals surface area contributed by atoms with Gasteiger partial charge in [0.25, 0.3) is 0 Å². The zero-order chi connectivity index (χ0) is 22.1. The van der Waals surface area contributed by atoms with Gasteiger partial charge in [0.15, 0.2) is 0 Å². The lowest BCUT2D eigenvalue weighted by Gasteiger charge is -2.13. The Kier molecular flexibility index (Phi) is 7.79. The van der Waals surface area contributed by atoms with Crippen LogP contribution in [0.15, 0.2) is 60.8 Å². The molecule has 6 nitrogen and oxygen atoms in total. The van der Waals surface area contributed by atoms with Crippen LogP contribution in [-0.4, -0.2) is 36.4 Å². The minimum Gasteiger partial charge on any atom is -0.491 e. The number of hydrogen-bond donors (Lipinski definition) is 1. The largest absolute Gasteiger partial charge is 0.491 e. The van der Waals surface area contributed by atoms with Crippen molar-refractivity contribution in [1.82, 2.24) is 4.98 Å². The number of carboxylic acid groups (broad SMARTS) is 1. The van der Waals surface area contributed by atoms with Crippen molar-refractivity contribution in [2.75, 3.05) is 20.3 Å². The Balaban J connectivity index is 1.81. The molecule has 0 spiro atoms. The van der Waals surface area contributed by atoms with Gasteiger partial charge in [-0.2, -0.15) is 0 Å². The maximum absolute atomic E-state index is 11.0. The second-order valence-corrected chi connectivity index (χ2v) is 6.87. The predicted octanol–water partition coefficient (Wildman–Crippen LogP) is 4.86. The third-order valence-corrected chi connectivity index (χ3v) is 4.65. The highest BCUT2D eigenvalue weighted by Gasteiger charge is 2.07. The minimum absolute atomic E-state index is 0.146. The smallest absolute Gasteiger partial charge is 0.337 e. The maximum Gasteiger partial charge on any atom is 0.337 e. The lowest BCUT2D eigenvalue weighted by atomic mass is 10.1. The second kappa shape index (κ2) is 10.9. The fraction of sp³-hybridized carbons (Fsp3) is 0.200. The molecular weight excluding hydrogens is 394 g/mol. The van der Waals surface area contributed by atoms with Gasteiger partial charge in [0.05, 0.1) is 17.9 Å². The van der Waals surface area contributed by atoms with E-state index in [1.54, 1.807) is 19.3 Å². The molecule has 160 valence electrons. The number of aromatic carboxylic acids is 1. The molecule has 0 atom stereocenters. The molecule has 3 aromatic rings. The number of pyridine rings is 1. The van der Waals surface area contributed by atoms with E-state index in [1.807, 2.05) is 42.5 Å². The van der Waals surface area contributed by atoms with E-state index in [1.165, 1.54) is 17.8 Å². The highest BCUT2D eigenvalue weighted by atomic mass is 16.5. The topological polar surface area (TPSA) is 77.9 Å². The second-order valence-electron chi connectivity index (χ2n) is 6.87. The van der Waals surface area contributed by atoms with Crippen LogP contribution in [0.3, 0.4) is 0 Å². The molecule has 3 rings (SSSR count). The number of hydrogen-bond acceptors (Lipinski definition) is 5. The summed E-state index contributed by atoms with van der Waals surface area (Å²) in [6.07, 6.45) is 5.02. The van der Waals surface area contributed by atoms with Crippen LogP contribution in [0.2, 0.25) is 0 Å². The number of benzene rings is 2. The van der Waals surface area contributed by atoms with Crippen molar-refractivity contribution >= 4 is 18.1 Å². The summed E-state index contributed by atoms with van der Waals surface area (Å²) in [5.74, 6) is 0.408. The zero-order valence-electron chi connectivity index (χ0n) is 17.6. The number of nitrogens with zero attached hydrogens (tertiary/aromatic N) is 1. The Labute approximate surface area is 181 Å². The van der Waals surface area contributed by atoms with Gasteiger partial charge in [-0.3, -0.25) is 4.98 Å². The van der Waals surface area contributed by atoms with Crippen LogP contribution in [-0.2, 0) is 11.3 Å². The molecule has 0 fully saturated rings. The first-order chi connectivity index (χ1) is 15.1. The summed E-state index contributed by atoms with van der Waals surface area (Å²) >= 11 is 0. The SMILES string of the molecule is COCCOc1ccc(OCc2ccccc2C)c(/C=C/c2ccc(C(=O)O)cn2)c1. The third kappa shape index (κ3) is 6.42. The van der Waals surface area contributed by atoms with Crippen molar-refractivity contribution < 1.29 is 24.1 Å². The summed E-state index contributed by atoms with van der Waals surface area (Å²) in [7, 11) is 1.63. The number of ether oxygens (including phenoxy) is 3. The normalized spacial score (nSPS) is 10.9. The van der Waals surface area contributed by atoms with Gasteiger partial charge in [0, 0.05) is 18.9 Å². The summed E-state index contributed by atoms with van der Waals surface area (Å²) in [4.78, 5) is 15.2. The maximum atomic E-state index is 11.0. The van der Waals surface area contributed by atoms with Gasteiger partial charge in [-0.25, -0.2) is 4.79 Å². The lowest BCUT2D eigenvalue weighted by molar-refractivity contribution is 0.0696. The average Bonchev–Trinajstić information content (AvgIpc) is 2.78. The van der Waals surface area contributed by atoms with Gasteiger partial charge in [0.2, 0.25) is 0 Å². The number of carboxylic acids is 1. The molecule has 0 saturated carbocycles. The molecule has 0 unspecified atom stereocenters. The van der Waals surface area contributed by atoms with Crippen LogP contribution in [0.4, 0.5) is 0 Å². The van der Waals surface area contributed by atoms with Crippen molar-refractivity contribution in [3.63, 3.8) is 0 Å². The van der Waals surface area contributed by atoms with Gasteiger partial charge in [-0.15, -0.1) is 0 Å². The van der Waals surface area contributed by atoms with Crippen LogP contribution in [0.1, 0.15) is 32.7 Å². The van der Waals surface area contributed by atoms with Crippen molar-refractivity contribution in [3.8, 4) is 11.5 Å². The Hall–Kier alpha value is -3.64. The summed E-state index contributed by atoms with van der Waals surface area (Å²) in [6, 6.07) is 16.9. The van der Waals surface area contributed by atoms with Crippen LogP contribution >= 0.6 is 0 Å². The molecule has 0 aliphatic carbocycles. The molecule has 0 aliphatic rings. The minimum atomic E-state index is -1.00. The summed E-state index contributed by atoms with van der Waals surface area (Å²) < 4.78 is 16.9. The van der Waals surface area contributed by atoms with E-state index in [9.17, 15) is 4.79 Å². The van der Waals surface area contributed by atoms with Gasteiger partial charge in [-0.1, -0.05) is 24.3 Å². The molecule has 0 aliphatic heterocycles. The molecule has 0 saturated heterocycles. The van der Waals surface area contributed by atoms with Gasteiger partial charge in [-0.05, 0) is 60.5 Å². The van der Waals surface area contributed by atoms with E-state index in [-0.39, 0.29) is 5.56 Å². The summed E-state index contributed by atoms with van der Waals surface area (Å²) in [5, 5.41) is 9.01. The molecule has 1 N–H and O–H groups in total. The molecule has 31 heavy (non-hydrogen) atoms. The highest BCUT2D eigenvalue weighted by Crippen LogP contribution is 2.27. The first-order valence-electron chi connectivity index (χ1n) is 9.87. The third-order valence-electron chi connectivity index (χ3n) is 4.65. The van der Waals surface area contributed by atoms with E-state index in [2.05, 4.69) is 18.0 Å².